The molecule has 19 heavy (non-hydrogen) atoms. The lowest BCUT2D eigenvalue weighted by Gasteiger charge is -2.39. The monoisotopic (exact) mass is 285 g/mol. The van der Waals surface area contributed by atoms with Crippen LogP contribution in [0.3, 0.4) is 0 Å². The van der Waals surface area contributed by atoms with E-state index in [0.29, 0.717) is 25.4 Å². The van der Waals surface area contributed by atoms with Crippen LogP contribution in [0, 0.1) is 0 Å². The van der Waals surface area contributed by atoms with Gasteiger partial charge in [0.1, 0.15) is 4.90 Å². The predicted molar refractivity (Wildman–Crippen MR) is 73.4 cm³/mol. The third-order valence-electron chi connectivity index (χ3n) is 3.25. The van der Waals surface area contributed by atoms with E-state index < -0.39 is 10.0 Å². The molecule has 0 saturated carbocycles. The molecular formula is C12H19N3O3S. The third-order valence-corrected chi connectivity index (χ3v) is 4.21. The minimum absolute atomic E-state index is 0.0747. The molecule has 0 aliphatic carbocycles. The maximum absolute atomic E-state index is 11.6. The van der Waals surface area contributed by atoms with Crippen molar-refractivity contribution in [1.82, 2.24) is 0 Å². The Bertz CT molecular complexity index is 547. The molecule has 0 radical (unpaired) electrons. The fourth-order valence-electron chi connectivity index (χ4n) is 2.23. The highest BCUT2D eigenvalue weighted by Crippen LogP contribution is 2.28. The first-order valence-corrected chi connectivity index (χ1v) is 7.68. The molecule has 4 N–H and O–H groups in total. The van der Waals surface area contributed by atoms with Crippen molar-refractivity contribution in [2.75, 3.05) is 24.6 Å². The highest BCUT2D eigenvalue weighted by Gasteiger charge is 2.28. The third kappa shape index (κ3) is 3.06. The molecule has 1 fully saturated rings. The Morgan fingerprint density at radius 2 is 2.11 bits per heavy atom. The van der Waals surface area contributed by atoms with Gasteiger partial charge in [-0.2, -0.15) is 0 Å². The van der Waals surface area contributed by atoms with Gasteiger partial charge in [0.15, 0.2) is 0 Å². The molecule has 1 aliphatic rings. The summed E-state index contributed by atoms with van der Waals surface area (Å²) in [5.41, 5.74) is 6.23. The molecule has 1 saturated heterocycles. The number of para-hydroxylation sites is 1. The Hall–Kier alpha value is -1.15. The standard InChI is InChI=1S/C12H19N3O3S/c1-9-8-18-10(6-13)7-15(9)11-4-2-3-5-12(11)19(14,16)17/h2-5,9-10H,6-8,13H2,1H3,(H2,14,16,17). The van der Waals surface area contributed by atoms with E-state index in [4.69, 9.17) is 15.6 Å². The van der Waals surface area contributed by atoms with Crippen molar-refractivity contribution in [2.45, 2.75) is 24.0 Å². The van der Waals surface area contributed by atoms with Gasteiger partial charge in [-0.1, -0.05) is 12.1 Å². The van der Waals surface area contributed by atoms with Gasteiger partial charge in [0.25, 0.3) is 0 Å². The Balaban J connectivity index is 2.40. The molecule has 7 heteroatoms. The molecule has 106 valence electrons. The van der Waals surface area contributed by atoms with Crippen molar-refractivity contribution in [3.63, 3.8) is 0 Å². The average molecular weight is 285 g/mol. The topological polar surface area (TPSA) is 98.7 Å². The Morgan fingerprint density at radius 1 is 1.42 bits per heavy atom. The molecule has 2 atom stereocenters. The van der Waals surface area contributed by atoms with Gasteiger partial charge in [0, 0.05) is 19.1 Å². The number of primary sulfonamides is 1. The van der Waals surface area contributed by atoms with Crippen molar-refractivity contribution in [3.05, 3.63) is 24.3 Å². The molecule has 0 aromatic heterocycles. The second-order valence-corrected chi connectivity index (χ2v) is 6.24. The zero-order chi connectivity index (χ0) is 14.0. The molecule has 1 heterocycles. The lowest BCUT2D eigenvalue weighted by Crippen LogP contribution is -2.51. The van der Waals surface area contributed by atoms with Gasteiger partial charge in [-0.3, -0.25) is 0 Å². The number of morpholine rings is 1. The predicted octanol–water partition coefficient (Wildman–Crippen LogP) is -0.114. The number of ether oxygens (including phenoxy) is 1. The highest BCUT2D eigenvalue weighted by atomic mass is 32.2. The zero-order valence-electron chi connectivity index (χ0n) is 10.8. The summed E-state index contributed by atoms with van der Waals surface area (Å²) in [5, 5.41) is 5.27. The molecular weight excluding hydrogens is 266 g/mol. The van der Waals surface area contributed by atoms with Gasteiger partial charge in [-0.15, -0.1) is 0 Å². The van der Waals surface area contributed by atoms with Gasteiger partial charge in [-0.05, 0) is 19.1 Å². The van der Waals surface area contributed by atoms with Crippen LogP contribution in [0.25, 0.3) is 0 Å². The van der Waals surface area contributed by atoms with Crippen LogP contribution in [0.15, 0.2) is 29.2 Å². The lowest BCUT2D eigenvalue weighted by atomic mass is 10.1. The zero-order valence-corrected chi connectivity index (χ0v) is 11.6. The summed E-state index contributed by atoms with van der Waals surface area (Å²) < 4.78 is 28.9. The van der Waals surface area contributed by atoms with Crippen LogP contribution in [0.5, 0.6) is 0 Å². The van der Waals surface area contributed by atoms with Gasteiger partial charge in [0.05, 0.1) is 18.4 Å². The molecule has 0 amide bonds. The molecule has 6 nitrogen and oxygen atoms in total. The molecule has 1 aliphatic heterocycles. The van der Waals surface area contributed by atoms with Crippen LogP contribution < -0.4 is 15.8 Å². The van der Waals surface area contributed by atoms with Crippen LogP contribution in [0.4, 0.5) is 5.69 Å². The molecule has 2 rings (SSSR count). The maximum Gasteiger partial charge on any atom is 0.240 e. The first kappa shape index (κ1) is 14.3. The van der Waals surface area contributed by atoms with E-state index in [1.807, 2.05) is 11.8 Å². The van der Waals surface area contributed by atoms with E-state index >= 15 is 0 Å². The first-order chi connectivity index (χ1) is 8.93. The van der Waals surface area contributed by atoms with Crippen LogP contribution >= 0.6 is 0 Å². The van der Waals surface area contributed by atoms with Crippen LogP contribution in [0.1, 0.15) is 6.92 Å². The largest absolute Gasteiger partial charge is 0.373 e. The lowest BCUT2D eigenvalue weighted by molar-refractivity contribution is 0.0281. The molecule has 1 aromatic rings. The summed E-state index contributed by atoms with van der Waals surface area (Å²) in [6.07, 6.45) is -0.0928. The SMILES string of the molecule is CC1COC(CN)CN1c1ccccc1S(N)(=O)=O. The van der Waals surface area contributed by atoms with Crippen LogP contribution in [-0.4, -0.2) is 40.3 Å². The van der Waals surface area contributed by atoms with Crippen molar-refractivity contribution in [2.24, 2.45) is 10.9 Å². The van der Waals surface area contributed by atoms with Gasteiger partial charge in [-0.25, -0.2) is 13.6 Å². The summed E-state index contributed by atoms with van der Waals surface area (Å²) in [5.74, 6) is 0. The summed E-state index contributed by atoms with van der Waals surface area (Å²) in [6, 6.07) is 6.81. The summed E-state index contributed by atoms with van der Waals surface area (Å²) in [6.45, 7) is 3.46. The minimum atomic E-state index is -3.74. The van der Waals surface area contributed by atoms with E-state index in [1.165, 1.54) is 6.07 Å². The summed E-state index contributed by atoms with van der Waals surface area (Å²) >= 11 is 0. The van der Waals surface area contributed by atoms with E-state index in [9.17, 15) is 8.42 Å². The molecule has 1 aromatic carbocycles. The normalized spacial score (nSPS) is 24.5. The Kier molecular flexibility index (Phi) is 4.10. The van der Waals surface area contributed by atoms with Crippen LogP contribution in [0.2, 0.25) is 0 Å². The summed E-state index contributed by atoms with van der Waals surface area (Å²) in [4.78, 5) is 2.13. The van der Waals surface area contributed by atoms with Gasteiger partial charge in [0.2, 0.25) is 10.0 Å². The number of sulfonamides is 1. The number of nitrogens with two attached hydrogens (primary N) is 2. The number of hydrogen-bond donors (Lipinski definition) is 2. The number of benzene rings is 1. The summed E-state index contributed by atoms with van der Waals surface area (Å²) in [7, 11) is -3.74. The molecule has 0 bridgehead atoms. The Morgan fingerprint density at radius 3 is 2.74 bits per heavy atom. The quantitative estimate of drug-likeness (QED) is 0.807. The number of nitrogens with zero attached hydrogens (tertiary/aromatic N) is 1. The maximum atomic E-state index is 11.6. The van der Waals surface area contributed by atoms with Crippen LogP contribution in [-0.2, 0) is 14.8 Å². The van der Waals surface area contributed by atoms with E-state index in [2.05, 4.69) is 0 Å². The minimum Gasteiger partial charge on any atom is -0.373 e. The average Bonchev–Trinajstić information content (AvgIpc) is 2.38. The highest BCUT2D eigenvalue weighted by molar-refractivity contribution is 7.89. The molecule has 0 spiro atoms. The van der Waals surface area contributed by atoms with Gasteiger partial charge < -0.3 is 15.4 Å². The smallest absolute Gasteiger partial charge is 0.240 e. The molecule has 2 unspecified atom stereocenters. The first-order valence-electron chi connectivity index (χ1n) is 6.13. The van der Waals surface area contributed by atoms with Crippen molar-refractivity contribution in [3.8, 4) is 0 Å². The second-order valence-electron chi connectivity index (χ2n) is 4.71. The second kappa shape index (κ2) is 5.46. The number of hydrogen-bond acceptors (Lipinski definition) is 5. The Labute approximate surface area is 113 Å². The number of rotatable bonds is 3. The van der Waals surface area contributed by atoms with Crippen molar-refractivity contribution >= 4 is 15.7 Å². The van der Waals surface area contributed by atoms with Gasteiger partial charge >= 0.3 is 0 Å². The van der Waals surface area contributed by atoms with E-state index in [-0.39, 0.29) is 17.0 Å². The van der Waals surface area contributed by atoms with E-state index in [1.54, 1.807) is 18.2 Å². The van der Waals surface area contributed by atoms with Crippen molar-refractivity contribution < 1.29 is 13.2 Å². The number of anilines is 1. The van der Waals surface area contributed by atoms with Crippen molar-refractivity contribution in [1.29, 1.82) is 0 Å². The van der Waals surface area contributed by atoms with E-state index in [0.717, 1.165) is 0 Å². The fraction of sp³-hybridized carbons (Fsp3) is 0.500. The fourth-order valence-corrected chi connectivity index (χ4v) is 2.98.